The van der Waals surface area contributed by atoms with Crippen LogP contribution in [0.1, 0.15) is 49.3 Å². The van der Waals surface area contributed by atoms with Crippen molar-refractivity contribution in [3.05, 3.63) is 28.8 Å². The molecule has 1 aromatic rings. The fourth-order valence-corrected chi connectivity index (χ4v) is 3.03. The maximum absolute atomic E-state index is 5.51. The molecule has 0 atom stereocenters. The summed E-state index contributed by atoms with van der Waals surface area (Å²) < 4.78 is 5.51. The van der Waals surface area contributed by atoms with Crippen LogP contribution in [-0.4, -0.2) is 38.2 Å². The molecule has 0 aliphatic carbocycles. The van der Waals surface area contributed by atoms with Crippen molar-refractivity contribution in [1.82, 2.24) is 10.2 Å². The quantitative estimate of drug-likeness (QED) is 0.780. The van der Waals surface area contributed by atoms with Crippen LogP contribution >= 0.6 is 0 Å². The zero-order valence-corrected chi connectivity index (χ0v) is 14.0. The summed E-state index contributed by atoms with van der Waals surface area (Å²) in [6.45, 7) is 12.4. The van der Waals surface area contributed by atoms with Gasteiger partial charge in [0.1, 0.15) is 5.75 Å². The number of nitrogens with zero attached hydrogens (tertiary/aromatic N) is 1. The van der Waals surface area contributed by atoms with Crippen LogP contribution in [-0.2, 0) is 6.54 Å². The van der Waals surface area contributed by atoms with Crippen molar-refractivity contribution >= 4 is 0 Å². The summed E-state index contributed by atoms with van der Waals surface area (Å²) in [6.07, 6.45) is 2.74. The molecule has 0 bridgehead atoms. The van der Waals surface area contributed by atoms with E-state index in [0.717, 1.165) is 18.8 Å². The maximum Gasteiger partial charge on any atom is 0.122 e. The Kier molecular flexibility index (Phi) is 6.07. The Labute approximate surface area is 129 Å². The Morgan fingerprint density at radius 1 is 1.24 bits per heavy atom. The molecule has 2 rings (SSSR count). The predicted octanol–water partition coefficient (Wildman–Crippen LogP) is 3.31. The molecule has 0 radical (unpaired) electrons. The monoisotopic (exact) mass is 290 g/mol. The first-order chi connectivity index (χ1) is 10.1. The van der Waals surface area contributed by atoms with Gasteiger partial charge in [0.15, 0.2) is 0 Å². The normalized spacial score (nSPS) is 15.9. The van der Waals surface area contributed by atoms with E-state index in [9.17, 15) is 0 Å². The second-order valence-electron chi connectivity index (χ2n) is 6.40. The van der Waals surface area contributed by atoms with Crippen molar-refractivity contribution in [2.24, 2.45) is 0 Å². The largest absolute Gasteiger partial charge is 0.496 e. The lowest BCUT2D eigenvalue weighted by molar-refractivity contribution is 0.335. The molecule has 1 aromatic carbocycles. The smallest absolute Gasteiger partial charge is 0.122 e. The lowest BCUT2D eigenvalue weighted by Crippen LogP contribution is -2.29. The fourth-order valence-electron chi connectivity index (χ4n) is 3.03. The number of benzene rings is 1. The average molecular weight is 290 g/mol. The Hall–Kier alpha value is -1.06. The second kappa shape index (κ2) is 7.81. The molecule has 0 amide bonds. The number of ether oxygens (including phenoxy) is 1. The number of rotatable bonds is 7. The van der Waals surface area contributed by atoms with Crippen LogP contribution in [0.5, 0.6) is 5.75 Å². The highest BCUT2D eigenvalue weighted by Crippen LogP contribution is 2.29. The summed E-state index contributed by atoms with van der Waals surface area (Å²) in [7, 11) is 1.76. The molecule has 21 heavy (non-hydrogen) atoms. The van der Waals surface area contributed by atoms with Gasteiger partial charge in [0, 0.05) is 19.6 Å². The lowest BCUT2D eigenvalue weighted by atomic mass is 9.96. The Balaban J connectivity index is 1.91. The number of methoxy groups -OCH3 is 1. The molecule has 1 aliphatic heterocycles. The van der Waals surface area contributed by atoms with E-state index in [1.165, 1.54) is 49.2 Å². The van der Waals surface area contributed by atoms with E-state index >= 15 is 0 Å². The Morgan fingerprint density at radius 3 is 2.57 bits per heavy atom. The van der Waals surface area contributed by atoms with Crippen LogP contribution < -0.4 is 10.1 Å². The maximum atomic E-state index is 5.51. The highest BCUT2D eigenvalue weighted by atomic mass is 16.5. The zero-order valence-electron chi connectivity index (χ0n) is 14.0. The highest BCUT2D eigenvalue weighted by molar-refractivity contribution is 5.43. The fraction of sp³-hybridized carbons (Fsp3) is 0.667. The summed E-state index contributed by atoms with van der Waals surface area (Å²) in [5.41, 5.74) is 4.00. The van der Waals surface area contributed by atoms with Gasteiger partial charge in [0.25, 0.3) is 0 Å². The average Bonchev–Trinajstić information content (AvgIpc) is 2.97. The van der Waals surface area contributed by atoms with Gasteiger partial charge in [-0.25, -0.2) is 0 Å². The summed E-state index contributed by atoms with van der Waals surface area (Å²) in [6, 6.07) is 4.48. The molecule has 1 N–H and O–H groups in total. The van der Waals surface area contributed by atoms with E-state index in [1.54, 1.807) is 7.11 Å². The van der Waals surface area contributed by atoms with Gasteiger partial charge in [-0.05, 0) is 61.5 Å². The van der Waals surface area contributed by atoms with Crippen LogP contribution in [0.25, 0.3) is 0 Å². The number of hydrogen-bond donors (Lipinski definition) is 1. The minimum Gasteiger partial charge on any atom is -0.496 e. The third kappa shape index (κ3) is 4.45. The van der Waals surface area contributed by atoms with E-state index in [0.29, 0.717) is 5.92 Å². The first-order valence-electron chi connectivity index (χ1n) is 8.22. The third-order valence-corrected chi connectivity index (χ3v) is 4.43. The molecule has 118 valence electrons. The van der Waals surface area contributed by atoms with Crippen molar-refractivity contribution in [3.63, 3.8) is 0 Å². The summed E-state index contributed by atoms with van der Waals surface area (Å²) in [4.78, 5) is 2.55. The zero-order chi connectivity index (χ0) is 15.2. The lowest BCUT2D eigenvalue weighted by Gasteiger charge is -2.18. The van der Waals surface area contributed by atoms with Gasteiger partial charge in [-0.3, -0.25) is 0 Å². The third-order valence-electron chi connectivity index (χ3n) is 4.43. The summed E-state index contributed by atoms with van der Waals surface area (Å²) in [5.74, 6) is 1.51. The summed E-state index contributed by atoms with van der Waals surface area (Å²) >= 11 is 0. The van der Waals surface area contributed by atoms with Crippen LogP contribution in [0.2, 0.25) is 0 Å². The van der Waals surface area contributed by atoms with Gasteiger partial charge >= 0.3 is 0 Å². The molecule has 3 nitrogen and oxygen atoms in total. The van der Waals surface area contributed by atoms with Crippen molar-refractivity contribution in [2.45, 2.75) is 46.1 Å². The van der Waals surface area contributed by atoms with E-state index in [2.05, 4.69) is 43.1 Å². The molecular weight excluding hydrogens is 260 g/mol. The van der Waals surface area contributed by atoms with Crippen LogP contribution in [0.3, 0.4) is 0 Å². The molecule has 1 heterocycles. The van der Waals surface area contributed by atoms with Gasteiger partial charge < -0.3 is 15.0 Å². The molecule has 1 aliphatic rings. The molecular formula is C18H30N2O. The molecule has 0 unspecified atom stereocenters. The van der Waals surface area contributed by atoms with Crippen molar-refractivity contribution in [3.8, 4) is 5.75 Å². The molecule has 1 saturated heterocycles. The Morgan fingerprint density at radius 2 is 1.95 bits per heavy atom. The number of hydrogen-bond acceptors (Lipinski definition) is 3. The van der Waals surface area contributed by atoms with Crippen LogP contribution in [0.15, 0.2) is 12.1 Å². The molecule has 1 fully saturated rings. The molecule has 3 heteroatoms. The molecule has 0 spiro atoms. The van der Waals surface area contributed by atoms with Gasteiger partial charge in [-0.15, -0.1) is 0 Å². The molecule has 0 saturated carbocycles. The molecule has 0 aromatic heterocycles. The van der Waals surface area contributed by atoms with Crippen LogP contribution in [0, 0.1) is 6.92 Å². The minimum atomic E-state index is 0.490. The highest BCUT2D eigenvalue weighted by Gasteiger charge is 2.12. The van der Waals surface area contributed by atoms with E-state index < -0.39 is 0 Å². The predicted molar refractivity (Wildman–Crippen MR) is 89.2 cm³/mol. The number of nitrogens with one attached hydrogen (secondary N) is 1. The van der Waals surface area contributed by atoms with Gasteiger partial charge in [-0.1, -0.05) is 19.9 Å². The Bertz CT molecular complexity index is 451. The SMILES string of the molecule is COc1cc(C)c(CNCCN2CCCC2)cc1C(C)C. The summed E-state index contributed by atoms with van der Waals surface area (Å²) in [5, 5.41) is 3.59. The van der Waals surface area contributed by atoms with Gasteiger partial charge in [0.05, 0.1) is 7.11 Å². The standard InChI is InChI=1S/C18H30N2O/c1-14(2)17-12-16(15(3)11-18(17)21-4)13-19-7-10-20-8-5-6-9-20/h11-12,14,19H,5-10,13H2,1-4H3. The number of likely N-dealkylation sites (tertiary alicyclic amines) is 1. The first-order valence-corrected chi connectivity index (χ1v) is 8.22. The van der Waals surface area contributed by atoms with E-state index in [4.69, 9.17) is 4.74 Å². The topological polar surface area (TPSA) is 24.5 Å². The van der Waals surface area contributed by atoms with Crippen molar-refractivity contribution in [1.29, 1.82) is 0 Å². The van der Waals surface area contributed by atoms with Crippen molar-refractivity contribution < 1.29 is 4.74 Å². The second-order valence-corrected chi connectivity index (χ2v) is 6.40. The van der Waals surface area contributed by atoms with Crippen LogP contribution in [0.4, 0.5) is 0 Å². The van der Waals surface area contributed by atoms with E-state index in [-0.39, 0.29) is 0 Å². The van der Waals surface area contributed by atoms with Crippen molar-refractivity contribution in [2.75, 3.05) is 33.3 Å². The van der Waals surface area contributed by atoms with E-state index in [1.807, 2.05) is 0 Å². The van der Waals surface area contributed by atoms with Gasteiger partial charge in [-0.2, -0.15) is 0 Å². The van der Waals surface area contributed by atoms with Gasteiger partial charge in [0.2, 0.25) is 0 Å². The number of aryl methyl sites for hydroxylation is 1. The minimum absolute atomic E-state index is 0.490. The first kappa shape index (κ1) is 16.3.